The van der Waals surface area contributed by atoms with Crippen molar-refractivity contribution in [2.75, 3.05) is 5.32 Å². The predicted octanol–water partition coefficient (Wildman–Crippen LogP) is 1.45. The Balaban J connectivity index is 1.79. The van der Waals surface area contributed by atoms with Crippen LogP contribution in [0.2, 0.25) is 0 Å². The van der Waals surface area contributed by atoms with E-state index < -0.39 is 0 Å². The first-order valence-corrected chi connectivity index (χ1v) is 6.31. The number of thiocarbonyl (C=S) groups is 1. The molecule has 2 aliphatic heterocycles. The van der Waals surface area contributed by atoms with E-state index in [0.29, 0.717) is 28.9 Å². The molecule has 0 amide bonds. The summed E-state index contributed by atoms with van der Waals surface area (Å²) in [5.41, 5.74) is 7.25. The van der Waals surface area contributed by atoms with E-state index >= 15 is 0 Å². The SMILES string of the molecule is NC(=S)c1ncccc1NC1CC2CCC1O2. The lowest BCUT2D eigenvalue weighted by atomic mass is 9.95. The molecular weight excluding hydrogens is 234 g/mol. The monoisotopic (exact) mass is 249 g/mol. The molecule has 2 saturated heterocycles. The molecular formula is C12H15N3OS. The van der Waals surface area contributed by atoms with Crippen LogP contribution in [0.15, 0.2) is 18.3 Å². The van der Waals surface area contributed by atoms with Crippen LogP contribution in [0, 0.1) is 0 Å². The van der Waals surface area contributed by atoms with Gasteiger partial charge in [0.25, 0.3) is 0 Å². The maximum Gasteiger partial charge on any atom is 0.124 e. The van der Waals surface area contributed by atoms with E-state index in [1.165, 1.54) is 6.42 Å². The Bertz CT molecular complexity index is 451. The molecule has 3 heterocycles. The van der Waals surface area contributed by atoms with Gasteiger partial charge in [0.05, 0.1) is 23.9 Å². The van der Waals surface area contributed by atoms with Crippen molar-refractivity contribution >= 4 is 22.9 Å². The lowest BCUT2D eigenvalue weighted by Gasteiger charge is -2.22. The van der Waals surface area contributed by atoms with Crippen LogP contribution in [0.5, 0.6) is 0 Å². The van der Waals surface area contributed by atoms with Crippen molar-refractivity contribution in [1.29, 1.82) is 0 Å². The van der Waals surface area contributed by atoms with Gasteiger partial charge in [0.15, 0.2) is 0 Å². The average Bonchev–Trinajstić information content (AvgIpc) is 2.91. The lowest BCUT2D eigenvalue weighted by molar-refractivity contribution is 0.102. The largest absolute Gasteiger partial charge is 0.388 e. The van der Waals surface area contributed by atoms with E-state index in [1.54, 1.807) is 6.20 Å². The maximum atomic E-state index is 5.81. The second kappa shape index (κ2) is 4.23. The van der Waals surface area contributed by atoms with E-state index in [9.17, 15) is 0 Å². The molecule has 0 aromatic carbocycles. The summed E-state index contributed by atoms with van der Waals surface area (Å²) < 4.78 is 5.81. The molecule has 0 spiro atoms. The Morgan fingerprint density at radius 3 is 3.06 bits per heavy atom. The lowest BCUT2D eigenvalue weighted by Crippen LogP contribution is -2.31. The van der Waals surface area contributed by atoms with Gasteiger partial charge in [-0.05, 0) is 31.4 Å². The zero-order valence-electron chi connectivity index (χ0n) is 9.43. The Hall–Kier alpha value is -1.20. The van der Waals surface area contributed by atoms with Crippen molar-refractivity contribution in [2.24, 2.45) is 5.73 Å². The minimum Gasteiger partial charge on any atom is -0.388 e. The second-order valence-corrected chi connectivity index (χ2v) is 5.06. The summed E-state index contributed by atoms with van der Waals surface area (Å²) in [5.74, 6) is 0. The highest BCUT2D eigenvalue weighted by Crippen LogP contribution is 2.36. The fraction of sp³-hybridized carbons (Fsp3) is 0.500. The summed E-state index contributed by atoms with van der Waals surface area (Å²) in [7, 11) is 0. The number of ether oxygens (including phenoxy) is 1. The van der Waals surface area contributed by atoms with Crippen LogP contribution in [-0.2, 0) is 4.74 Å². The number of nitrogens with zero attached hydrogens (tertiary/aromatic N) is 1. The third kappa shape index (κ3) is 2.00. The van der Waals surface area contributed by atoms with Crippen molar-refractivity contribution in [3.63, 3.8) is 0 Å². The second-order valence-electron chi connectivity index (χ2n) is 4.62. The van der Waals surface area contributed by atoms with Crippen LogP contribution in [-0.4, -0.2) is 28.2 Å². The zero-order valence-corrected chi connectivity index (χ0v) is 10.2. The fourth-order valence-electron chi connectivity index (χ4n) is 2.71. The Labute approximate surface area is 106 Å². The van der Waals surface area contributed by atoms with Gasteiger partial charge in [0.1, 0.15) is 10.7 Å². The van der Waals surface area contributed by atoms with Crippen LogP contribution in [0.3, 0.4) is 0 Å². The molecule has 4 nitrogen and oxygen atoms in total. The number of nitrogens with two attached hydrogens (primary N) is 1. The zero-order chi connectivity index (χ0) is 11.8. The van der Waals surface area contributed by atoms with Gasteiger partial charge in [-0.2, -0.15) is 0 Å². The van der Waals surface area contributed by atoms with E-state index in [1.807, 2.05) is 12.1 Å². The minimum atomic E-state index is 0.331. The fourth-order valence-corrected chi connectivity index (χ4v) is 2.87. The molecule has 5 heteroatoms. The highest BCUT2D eigenvalue weighted by molar-refractivity contribution is 7.80. The number of pyridine rings is 1. The van der Waals surface area contributed by atoms with Crippen LogP contribution in [0.25, 0.3) is 0 Å². The number of rotatable bonds is 3. The topological polar surface area (TPSA) is 60.2 Å². The first-order chi connectivity index (χ1) is 8.24. The molecule has 1 aromatic heterocycles. The molecule has 90 valence electrons. The van der Waals surface area contributed by atoms with Gasteiger partial charge in [-0.3, -0.25) is 4.98 Å². The molecule has 0 aliphatic carbocycles. The van der Waals surface area contributed by atoms with Crippen LogP contribution >= 0.6 is 12.2 Å². The van der Waals surface area contributed by atoms with Gasteiger partial charge in [0, 0.05) is 6.20 Å². The summed E-state index contributed by atoms with van der Waals surface area (Å²) in [5, 5.41) is 3.47. The number of hydrogen-bond donors (Lipinski definition) is 2. The Morgan fingerprint density at radius 1 is 1.53 bits per heavy atom. The minimum absolute atomic E-state index is 0.331. The molecule has 3 atom stereocenters. The molecule has 0 radical (unpaired) electrons. The third-order valence-electron chi connectivity index (χ3n) is 3.49. The molecule has 1 aromatic rings. The molecule has 3 rings (SSSR count). The predicted molar refractivity (Wildman–Crippen MR) is 70.0 cm³/mol. The van der Waals surface area contributed by atoms with E-state index in [4.69, 9.17) is 22.7 Å². The van der Waals surface area contributed by atoms with Crippen molar-refractivity contribution < 1.29 is 4.74 Å². The summed E-state index contributed by atoms with van der Waals surface area (Å²) in [4.78, 5) is 4.54. The van der Waals surface area contributed by atoms with Gasteiger partial charge < -0.3 is 15.8 Å². The molecule has 3 unspecified atom stereocenters. The van der Waals surface area contributed by atoms with Crippen molar-refractivity contribution in [1.82, 2.24) is 4.98 Å². The summed E-state index contributed by atoms with van der Waals surface area (Å²) in [6.45, 7) is 0. The number of hydrogen-bond acceptors (Lipinski definition) is 4. The smallest absolute Gasteiger partial charge is 0.124 e. The normalized spacial score (nSPS) is 30.5. The molecule has 0 saturated carbocycles. The highest BCUT2D eigenvalue weighted by atomic mass is 32.1. The first-order valence-electron chi connectivity index (χ1n) is 5.91. The molecule has 2 bridgehead atoms. The van der Waals surface area contributed by atoms with Crippen LogP contribution in [0.4, 0.5) is 5.69 Å². The van der Waals surface area contributed by atoms with Gasteiger partial charge in [-0.15, -0.1) is 0 Å². The summed E-state index contributed by atoms with van der Waals surface area (Å²) in [6.07, 6.45) is 5.87. The highest BCUT2D eigenvalue weighted by Gasteiger charge is 2.40. The van der Waals surface area contributed by atoms with Crippen LogP contribution in [0.1, 0.15) is 25.0 Å². The third-order valence-corrected chi connectivity index (χ3v) is 3.68. The number of aromatic nitrogens is 1. The van der Waals surface area contributed by atoms with Crippen molar-refractivity contribution in [3.05, 3.63) is 24.0 Å². The number of anilines is 1. The summed E-state index contributed by atoms with van der Waals surface area (Å²) >= 11 is 5.00. The number of fused-ring (bicyclic) bond motifs is 2. The molecule has 17 heavy (non-hydrogen) atoms. The van der Waals surface area contributed by atoms with Crippen molar-refractivity contribution in [3.8, 4) is 0 Å². The quantitative estimate of drug-likeness (QED) is 0.794. The van der Waals surface area contributed by atoms with Crippen LogP contribution < -0.4 is 11.1 Å². The van der Waals surface area contributed by atoms with E-state index in [0.717, 1.165) is 18.5 Å². The summed E-state index contributed by atoms with van der Waals surface area (Å²) in [6, 6.07) is 4.22. The van der Waals surface area contributed by atoms with Crippen molar-refractivity contribution in [2.45, 2.75) is 37.5 Å². The van der Waals surface area contributed by atoms with Gasteiger partial charge in [-0.25, -0.2) is 0 Å². The molecule has 3 N–H and O–H groups in total. The maximum absolute atomic E-state index is 5.81. The van der Waals surface area contributed by atoms with Gasteiger partial charge in [0.2, 0.25) is 0 Å². The van der Waals surface area contributed by atoms with Gasteiger partial charge in [-0.1, -0.05) is 12.2 Å². The first kappa shape index (κ1) is 10.9. The van der Waals surface area contributed by atoms with E-state index in [-0.39, 0.29) is 0 Å². The number of nitrogens with one attached hydrogen (secondary N) is 1. The molecule has 2 fully saturated rings. The average molecular weight is 249 g/mol. The Morgan fingerprint density at radius 2 is 2.41 bits per heavy atom. The Kier molecular flexibility index (Phi) is 2.72. The molecule has 2 aliphatic rings. The standard InChI is InChI=1S/C12H15N3OS/c13-12(17)11-8(2-1-5-14-11)15-9-6-7-3-4-10(9)16-7/h1-2,5,7,9-10,15H,3-4,6H2,(H2,13,17). The van der Waals surface area contributed by atoms with Gasteiger partial charge >= 0.3 is 0 Å². The van der Waals surface area contributed by atoms with E-state index in [2.05, 4.69) is 10.3 Å².